The summed E-state index contributed by atoms with van der Waals surface area (Å²) in [4.78, 5) is 6.13. The zero-order chi connectivity index (χ0) is 14.4. The minimum atomic E-state index is -3.16. The Morgan fingerprint density at radius 1 is 1.15 bits per heavy atom. The smallest absolute Gasteiger partial charge is 0.214 e. The van der Waals surface area contributed by atoms with Crippen LogP contribution in [0.5, 0.6) is 0 Å². The lowest BCUT2D eigenvalue weighted by Crippen LogP contribution is -2.50. The second-order valence-corrected chi connectivity index (χ2v) is 7.04. The van der Waals surface area contributed by atoms with Gasteiger partial charge in [0.05, 0.1) is 5.75 Å². The van der Waals surface area contributed by atoms with Crippen molar-refractivity contribution in [1.82, 2.24) is 14.2 Å². The number of piperazine rings is 1. The summed E-state index contributed by atoms with van der Waals surface area (Å²) in [6.45, 7) is 4.13. The van der Waals surface area contributed by atoms with Crippen molar-refractivity contribution in [1.29, 1.82) is 0 Å². The van der Waals surface area contributed by atoms with Crippen molar-refractivity contribution in [3.63, 3.8) is 0 Å². The van der Waals surface area contributed by atoms with Gasteiger partial charge in [0.1, 0.15) is 0 Å². The molecule has 112 valence electrons. The Kier molecular flexibility index (Phi) is 5.47. The van der Waals surface area contributed by atoms with Crippen molar-refractivity contribution >= 4 is 10.0 Å². The molecule has 0 saturated carbocycles. The summed E-state index contributed by atoms with van der Waals surface area (Å²) in [6.07, 6.45) is 3.91. The minimum Gasteiger partial charge on any atom is -0.329 e. The molecule has 1 aromatic rings. The van der Waals surface area contributed by atoms with Gasteiger partial charge in [-0.3, -0.25) is 9.88 Å². The molecule has 0 bridgehead atoms. The third-order valence-electron chi connectivity index (χ3n) is 3.57. The average Bonchev–Trinajstić information content (AvgIpc) is 2.47. The van der Waals surface area contributed by atoms with Crippen molar-refractivity contribution in [3.8, 4) is 0 Å². The molecule has 0 spiro atoms. The van der Waals surface area contributed by atoms with Gasteiger partial charge >= 0.3 is 0 Å². The Morgan fingerprint density at radius 2 is 1.80 bits per heavy atom. The van der Waals surface area contributed by atoms with Crippen LogP contribution in [0.4, 0.5) is 0 Å². The summed E-state index contributed by atoms with van der Waals surface area (Å²) in [5, 5.41) is 0. The number of aryl methyl sites for hydroxylation is 1. The maximum atomic E-state index is 12.3. The van der Waals surface area contributed by atoms with Crippen LogP contribution in [0, 0.1) is 0 Å². The third-order valence-corrected chi connectivity index (χ3v) is 5.44. The Morgan fingerprint density at radius 3 is 2.40 bits per heavy atom. The number of sulfonamides is 1. The molecule has 1 aliphatic heterocycles. The van der Waals surface area contributed by atoms with E-state index in [4.69, 9.17) is 5.73 Å². The lowest BCUT2D eigenvalue weighted by molar-refractivity contribution is 0.193. The molecule has 0 aliphatic carbocycles. The topological polar surface area (TPSA) is 79.5 Å². The van der Waals surface area contributed by atoms with Gasteiger partial charge in [-0.15, -0.1) is 0 Å². The van der Waals surface area contributed by atoms with E-state index in [9.17, 15) is 8.42 Å². The highest BCUT2D eigenvalue weighted by molar-refractivity contribution is 7.89. The second-order valence-electron chi connectivity index (χ2n) is 4.95. The molecule has 1 aromatic heterocycles. The summed E-state index contributed by atoms with van der Waals surface area (Å²) >= 11 is 0. The molecule has 2 rings (SSSR count). The van der Waals surface area contributed by atoms with E-state index in [-0.39, 0.29) is 5.75 Å². The predicted octanol–water partition coefficient (Wildman–Crippen LogP) is -0.470. The SMILES string of the molecule is NCCN1CCN(S(=O)(=O)CCc2ccncc2)CC1. The monoisotopic (exact) mass is 298 g/mol. The molecule has 6 nitrogen and oxygen atoms in total. The molecular formula is C13H22N4O2S. The first-order valence-electron chi connectivity index (χ1n) is 6.91. The number of hydrogen-bond donors (Lipinski definition) is 1. The number of hydrogen-bond acceptors (Lipinski definition) is 5. The van der Waals surface area contributed by atoms with Crippen LogP contribution in [0.25, 0.3) is 0 Å². The highest BCUT2D eigenvalue weighted by Gasteiger charge is 2.26. The number of aromatic nitrogens is 1. The van der Waals surface area contributed by atoms with Crippen LogP contribution in [0.2, 0.25) is 0 Å². The van der Waals surface area contributed by atoms with Gasteiger partial charge in [0.2, 0.25) is 10.0 Å². The van der Waals surface area contributed by atoms with Gasteiger partial charge in [-0.1, -0.05) is 0 Å². The fourth-order valence-corrected chi connectivity index (χ4v) is 3.81. The van der Waals surface area contributed by atoms with Gasteiger partial charge < -0.3 is 5.73 Å². The van der Waals surface area contributed by atoms with Gasteiger partial charge in [-0.25, -0.2) is 8.42 Å². The molecule has 0 aromatic carbocycles. The highest BCUT2D eigenvalue weighted by Crippen LogP contribution is 2.10. The van der Waals surface area contributed by atoms with Crippen LogP contribution in [0.1, 0.15) is 5.56 Å². The first-order chi connectivity index (χ1) is 9.62. The summed E-state index contributed by atoms with van der Waals surface area (Å²) in [7, 11) is -3.16. The van der Waals surface area contributed by atoms with E-state index < -0.39 is 10.0 Å². The molecule has 0 radical (unpaired) electrons. The zero-order valence-electron chi connectivity index (χ0n) is 11.6. The van der Waals surface area contributed by atoms with E-state index in [1.165, 1.54) is 0 Å². The quantitative estimate of drug-likeness (QED) is 0.768. The molecule has 1 fully saturated rings. The molecule has 0 atom stereocenters. The molecule has 0 unspecified atom stereocenters. The van der Waals surface area contributed by atoms with Crippen molar-refractivity contribution in [2.24, 2.45) is 5.73 Å². The summed E-state index contributed by atoms with van der Waals surface area (Å²) in [6, 6.07) is 3.71. The van der Waals surface area contributed by atoms with Crippen LogP contribution >= 0.6 is 0 Å². The van der Waals surface area contributed by atoms with E-state index in [0.717, 1.165) is 25.2 Å². The Balaban J connectivity index is 1.85. The van der Waals surface area contributed by atoms with Crippen molar-refractivity contribution in [2.75, 3.05) is 45.0 Å². The van der Waals surface area contributed by atoms with Crippen LogP contribution in [-0.2, 0) is 16.4 Å². The predicted molar refractivity (Wildman–Crippen MR) is 78.8 cm³/mol. The maximum Gasteiger partial charge on any atom is 0.214 e. The summed E-state index contributed by atoms with van der Waals surface area (Å²) in [5.41, 5.74) is 6.52. The average molecular weight is 298 g/mol. The minimum absolute atomic E-state index is 0.161. The second kappa shape index (κ2) is 7.12. The van der Waals surface area contributed by atoms with Crippen LogP contribution < -0.4 is 5.73 Å². The lowest BCUT2D eigenvalue weighted by Gasteiger charge is -2.33. The number of nitrogens with zero attached hydrogens (tertiary/aromatic N) is 3. The lowest BCUT2D eigenvalue weighted by atomic mass is 10.2. The largest absolute Gasteiger partial charge is 0.329 e. The first kappa shape index (κ1) is 15.4. The van der Waals surface area contributed by atoms with Crippen LogP contribution in [0.15, 0.2) is 24.5 Å². The Bertz CT molecular complexity index is 498. The van der Waals surface area contributed by atoms with E-state index in [1.807, 2.05) is 12.1 Å². The van der Waals surface area contributed by atoms with Crippen molar-refractivity contribution < 1.29 is 8.42 Å². The summed E-state index contributed by atoms with van der Waals surface area (Å²) in [5.74, 6) is 0.161. The summed E-state index contributed by atoms with van der Waals surface area (Å²) < 4.78 is 26.2. The van der Waals surface area contributed by atoms with Gasteiger partial charge in [0, 0.05) is 51.7 Å². The van der Waals surface area contributed by atoms with Gasteiger partial charge in [0.15, 0.2) is 0 Å². The fraction of sp³-hybridized carbons (Fsp3) is 0.615. The number of pyridine rings is 1. The zero-order valence-corrected chi connectivity index (χ0v) is 12.4. The van der Waals surface area contributed by atoms with E-state index in [2.05, 4.69) is 9.88 Å². The molecule has 2 N–H and O–H groups in total. The molecule has 7 heteroatoms. The maximum absolute atomic E-state index is 12.3. The van der Waals surface area contributed by atoms with Gasteiger partial charge in [0.25, 0.3) is 0 Å². The molecule has 0 amide bonds. The highest BCUT2D eigenvalue weighted by atomic mass is 32.2. The number of rotatable bonds is 6. The molecular weight excluding hydrogens is 276 g/mol. The standard InChI is InChI=1S/C13H22N4O2S/c14-4-7-16-8-10-17(11-9-16)20(18,19)12-3-13-1-5-15-6-2-13/h1-2,5-6H,3-4,7-12,14H2. The van der Waals surface area contributed by atoms with Crippen LogP contribution in [0.3, 0.4) is 0 Å². The number of nitrogens with two attached hydrogens (primary N) is 1. The van der Waals surface area contributed by atoms with Crippen molar-refractivity contribution in [2.45, 2.75) is 6.42 Å². The molecule has 20 heavy (non-hydrogen) atoms. The van der Waals surface area contributed by atoms with Crippen LogP contribution in [-0.4, -0.2) is 67.6 Å². The van der Waals surface area contributed by atoms with E-state index in [1.54, 1.807) is 16.7 Å². The van der Waals surface area contributed by atoms with Crippen molar-refractivity contribution in [3.05, 3.63) is 30.1 Å². The van der Waals surface area contributed by atoms with Gasteiger partial charge in [-0.2, -0.15) is 4.31 Å². The Hall–Kier alpha value is -1.02. The molecule has 2 heterocycles. The van der Waals surface area contributed by atoms with Gasteiger partial charge in [-0.05, 0) is 24.1 Å². The molecule has 1 aliphatic rings. The Labute approximate surface area is 120 Å². The normalized spacial score (nSPS) is 18.2. The molecule has 1 saturated heterocycles. The third kappa shape index (κ3) is 4.24. The fourth-order valence-electron chi connectivity index (χ4n) is 2.34. The first-order valence-corrected chi connectivity index (χ1v) is 8.52. The van der Waals surface area contributed by atoms with E-state index >= 15 is 0 Å². The van der Waals surface area contributed by atoms with E-state index in [0.29, 0.717) is 26.1 Å².